The van der Waals surface area contributed by atoms with E-state index in [0.29, 0.717) is 10.6 Å². The molecule has 1 aromatic rings. The van der Waals surface area contributed by atoms with E-state index in [9.17, 15) is 4.39 Å². The van der Waals surface area contributed by atoms with Crippen LogP contribution in [0.3, 0.4) is 0 Å². The van der Waals surface area contributed by atoms with Crippen molar-refractivity contribution in [2.24, 2.45) is 5.73 Å². The Kier molecular flexibility index (Phi) is 3.06. The highest BCUT2D eigenvalue weighted by Crippen LogP contribution is 2.23. The van der Waals surface area contributed by atoms with Gasteiger partial charge in [-0.2, -0.15) is 0 Å². The van der Waals surface area contributed by atoms with Gasteiger partial charge in [-0.1, -0.05) is 18.5 Å². The van der Waals surface area contributed by atoms with Crippen LogP contribution >= 0.6 is 11.6 Å². The van der Waals surface area contributed by atoms with Gasteiger partial charge < -0.3 is 5.73 Å². The highest BCUT2D eigenvalue weighted by atomic mass is 35.5. The smallest absolute Gasteiger partial charge is 0.123 e. The quantitative estimate of drug-likeness (QED) is 0.757. The summed E-state index contributed by atoms with van der Waals surface area (Å²) in [5.41, 5.74) is 6.39. The van der Waals surface area contributed by atoms with Gasteiger partial charge in [0.15, 0.2) is 0 Å². The van der Waals surface area contributed by atoms with Gasteiger partial charge in [0.05, 0.1) is 0 Å². The fourth-order valence-corrected chi connectivity index (χ4v) is 1.28. The second-order valence-corrected chi connectivity index (χ2v) is 3.09. The Labute approximate surface area is 76.3 Å². The van der Waals surface area contributed by atoms with Gasteiger partial charge >= 0.3 is 0 Å². The molecule has 0 amide bonds. The number of nitrogens with two attached hydrogens (primary N) is 1. The minimum atomic E-state index is -0.293. The first kappa shape index (κ1) is 9.49. The lowest BCUT2D eigenvalue weighted by Gasteiger charge is -2.10. The van der Waals surface area contributed by atoms with E-state index in [-0.39, 0.29) is 11.9 Å². The molecular formula is C9H11ClFN. The highest BCUT2D eigenvalue weighted by Gasteiger charge is 2.08. The van der Waals surface area contributed by atoms with Gasteiger partial charge in [-0.05, 0) is 30.2 Å². The van der Waals surface area contributed by atoms with Crippen LogP contribution < -0.4 is 5.73 Å². The van der Waals surface area contributed by atoms with E-state index in [2.05, 4.69) is 0 Å². The Morgan fingerprint density at radius 1 is 1.58 bits per heavy atom. The first-order chi connectivity index (χ1) is 5.65. The fourth-order valence-electron chi connectivity index (χ4n) is 1.02. The van der Waals surface area contributed by atoms with Crippen LogP contribution in [0, 0.1) is 5.82 Å². The van der Waals surface area contributed by atoms with Crippen molar-refractivity contribution in [3.8, 4) is 0 Å². The Hall–Kier alpha value is -0.600. The van der Waals surface area contributed by atoms with Crippen molar-refractivity contribution >= 4 is 11.6 Å². The molecule has 1 atom stereocenters. The lowest BCUT2D eigenvalue weighted by atomic mass is 10.1. The standard InChI is InChI=1S/C9H11ClFN/c1-2-9(12)7-5-6(11)3-4-8(7)10/h3-5,9H,2,12H2,1H3. The van der Waals surface area contributed by atoms with Gasteiger partial charge in [-0.3, -0.25) is 0 Å². The molecule has 0 aromatic heterocycles. The molecule has 0 aliphatic carbocycles. The second kappa shape index (κ2) is 3.87. The van der Waals surface area contributed by atoms with Crippen LogP contribution in [0.25, 0.3) is 0 Å². The van der Waals surface area contributed by atoms with Gasteiger partial charge in [0.2, 0.25) is 0 Å². The summed E-state index contributed by atoms with van der Waals surface area (Å²) in [7, 11) is 0. The molecular weight excluding hydrogens is 177 g/mol. The molecule has 66 valence electrons. The molecule has 2 N–H and O–H groups in total. The fraction of sp³-hybridized carbons (Fsp3) is 0.333. The first-order valence-electron chi connectivity index (χ1n) is 3.85. The molecule has 3 heteroatoms. The molecule has 1 unspecified atom stereocenters. The summed E-state index contributed by atoms with van der Waals surface area (Å²) in [6, 6.07) is 4.07. The van der Waals surface area contributed by atoms with E-state index in [0.717, 1.165) is 6.42 Å². The summed E-state index contributed by atoms with van der Waals surface area (Å²) in [5.74, 6) is -0.293. The van der Waals surface area contributed by atoms with E-state index in [1.54, 1.807) is 0 Å². The predicted octanol–water partition coefficient (Wildman–Crippen LogP) is 2.89. The largest absolute Gasteiger partial charge is 0.324 e. The van der Waals surface area contributed by atoms with Crippen molar-refractivity contribution in [1.82, 2.24) is 0 Å². The summed E-state index contributed by atoms with van der Waals surface area (Å²) >= 11 is 5.82. The lowest BCUT2D eigenvalue weighted by Crippen LogP contribution is -2.09. The third-order valence-electron chi connectivity index (χ3n) is 1.80. The molecule has 0 aliphatic heterocycles. The summed E-state index contributed by atoms with van der Waals surface area (Å²) in [6.07, 6.45) is 0.753. The number of halogens is 2. The number of benzene rings is 1. The maximum absolute atomic E-state index is 12.7. The molecule has 0 spiro atoms. The van der Waals surface area contributed by atoms with Crippen LogP contribution in [-0.2, 0) is 0 Å². The monoisotopic (exact) mass is 187 g/mol. The van der Waals surface area contributed by atoms with E-state index in [1.807, 2.05) is 6.92 Å². The van der Waals surface area contributed by atoms with E-state index < -0.39 is 0 Å². The number of hydrogen-bond acceptors (Lipinski definition) is 1. The maximum Gasteiger partial charge on any atom is 0.123 e. The molecule has 0 radical (unpaired) electrons. The van der Waals surface area contributed by atoms with Crippen molar-refractivity contribution in [3.05, 3.63) is 34.6 Å². The molecule has 0 saturated carbocycles. The average molecular weight is 188 g/mol. The summed E-state index contributed by atoms with van der Waals surface area (Å²) in [5, 5.41) is 0.533. The van der Waals surface area contributed by atoms with Crippen LogP contribution in [0.5, 0.6) is 0 Å². The molecule has 0 saturated heterocycles. The molecule has 1 nitrogen and oxygen atoms in total. The normalized spacial score (nSPS) is 13.0. The van der Waals surface area contributed by atoms with Crippen molar-refractivity contribution in [3.63, 3.8) is 0 Å². The second-order valence-electron chi connectivity index (χ2n) is 2.68. The molecule has 12 heavy (non-hydrogen) atoms. The zero-order chi connectivity index (χ0) is 9.14. The van der Waals surface area contributed by atoms with Gasteiger partial charge in [-0.15, -0.1) is 0 Å². The average Bonchev–Trinajstić information content (AvgIpc) is 2.08. The SMILES string of the molecule is CCC(N)c1cc(F)ccc1Cl. The third kappa shape index (κ3) is 1.96. The van der Waals surface area contributed by atoms with Gasteiger partial charge in [0, 0.05) is 11.1 Å². The minimum Gasteiger partial charge on any atom is -0.324 e. The Balaban J connectivity index is 3.04. The highest BCUT2D eigenvalue weighted by molar-refractivity contribution is 6.31. The number of rotatable bonds is 2. The van der Waals surface area contributed by atoms with Crippen LogP contribution in [0.2, 0.25) is 5.02 Å². The van der Waals surface area contributed by atoms with Gasteiger partial charge in [0.25, 0.3) is 0 Å². The molecule has 0 aliphatic rings. The van der Waals surface area contributed by atoms with Gasteiger partial charge in [0.1, 0.15) is 5.82 Å². The Bertz CT molecular complexity index is 275. The summed E-state index contributed by atoms with van der Waals surface area (Å²) in [6.45, 7) is 1.94. The van der Waals surface area contributed by atoms with Crippen LogP contribution in [0.1, 0.15) is 24.9 Å². The number of hydrogen-bond donors (Lipinski definition) is 1. The van der Waals surface area contributed by atoms with E-state index in [4.69, 9.17) is 17.3 Å². The predicted molar refractivity (Wildman–Crippen MR) is 48.6 cm³/mol. The zero-order valence-corrected chi connectivity index (χ0v) is 7.61. The maximum atomic E-state index is 12.7. The molecule has 1 rings (SSSR count). The molecule has 0 fully saturated rings. The molecule has 0 bridgehead atoms. The topological polar surface area (TPSA) is 26.0 Å². The Morgan fingerprint density at radius 3 is 2.83 bits per heavy atom. The van der Waals surface area contributed by atoms with Crippen LogP contribution in [0.4, 0.5) is 4.39 Å². The van der Waals surface area contributed by atoms with E-state index in [1.165, 1.54) is 18.2 Å². The minimum absolute atomic E-state index is 0.173. The van der Waals surface area contributed by atoms with Crippen molar-refractivity contribution in [1.29, 1.82) is 0 Å². The summed E-state index contributed by atoms with van der Waals surface area (Å²) in [4.78, 5) is 0. The third-order valence-corrected chi connectivity index (χ3v) is 2.14. The Morgan fingerprint density at radius 2 is 2.25 bits per heavy atom. The van der Waals surface area contributed by atoms with Crippen molar-refractivity contribution in [2.75, 3.05) is 0 Å². The van der Waals surface area contributed by atoms with Crippen molar-refractivity contribution in [2.45, 2.75) is 19.4 Å². The van der Waals surface area contributed by atoms with Gasteiger partial charge in [-0.25, -0.2) is 4.39 Å². The van der Waals surface area contributed by atoms with Crippen LogP contribution in [0.15, 0.2) is 18.2 Å². The van der Waals surface area contributed by atoms with E-state index >= 15 is 0 Å². The lowest BCUT2D eigenvalue weighted by molar-refractivity contribution is 0.617. The summed E-state index contributed by atoms with van der Waals surface area (Å²) < 4.78 is 12.7. The van der Waals surface area contributed by atoms with Crippen molar-refractivity contribution < 1.29 is 4.39 Å². The molecule has 0 heterocycles. The van der Waals surface area contributed by atoms with Crippen LogP contribution in [-0.4, -0.2) is 0 Å². The molecule has 1 aromatic carbocycles. The first-order valence-corrected chi connectivity index (χ1v) is 4.23. The zero-order valence-electron chi connectivity index (χ0n) is 6.85.